The van der Waals surface area contributed by atoms with E-state index in [1.165, 1.54) is 11.1 Å². The van der Waals surface area contributed by atoms with Crippen LogP contribution in [-0.4, -0.2) is 7.11 Å². The predicted octanol–water partition coefficient (Wildman–Crippen LogP) is 4.49. The van der Waals surface area contributed by atoms with Gasteiger partial charge in [-0.15, -0.1) is 11.6 Å². The number of rotatable bonds is 6. The Morgan fingerprint density at radius 2 is 1.60 bits per heavy atom. The second-order valence-electron chi connectivity index (χ2n) is 4.52. The third-order valence-electron chi connectivity index (χ3n) is 3.05. The van der Waals surface area contributed by atoms with Crippen molar-refractivity contribution in [3.05, 3.63) is 63.6 Å². The molecule has 0 atom stereocenters. The lowest BCUT2D eigenvalue weighted by Crippen LogP contribution is -2.12. The van der Waals surface area contributed by atoms with Crippen LogP contribution in [-0.2, 0) is 19.0 Å². The molecule has 0 heterocycles. The van der Waals surface area contributed by atoms with E-state index < -0.39 is 0 Å². The molecule has 106 valence electrons. The van der Waals surface area contributed by atoms with Gasteiger partial charge in [0.2, 0.25) is 0 Å². The molecule has 1 N–H and O–H groups in total. The van der Waals surface area contributed by atoms with Crippen molar-refractivity contribution in [3.8, 4) is 5.75 Å². The highest BCUT2D eigenvalue weighted by molar-refractivity contribution is 9.10. The molecule has 0 bridgehead atoms. The van der Waals surface area contributed by atoms with Crippen LogP contribution in [0.15, 0.2) is 46.9 Å². The minimum absolute atomic E-state index is 0.563. The Hall–Kier alpha value is -1.03. The van der Waals surface area contributed by atoms with Crippen LogP contribution >= 0.6 is 27.5 Å². The first-order valence-electron chi connectivity index (χ1n) is 6.40. The average Bonchev–Trinajstić information content (AvgIpc) is 2.48. The van der Waals surface area contributed by atoms with Crippen molar-refractivity contribution in [3.63, 3.8) is 0 Å². The molecule has 20 heavy (non-hydrogen) atoms. The van der Waals surface area contributed by atoms with Crippen molar-refractivity contribution in [1.29, 1.82) is 0 Å². The average molecular weight is 355 g/mol. The molecule has 0 unspecified atom stereocenters. The topological polar surface area (TPSA) is 21.3 Å². The molecule has 0 aliphatic rings. The van der Waals surface area contributed by atoms with Crippen LogP contribution in [0.3, 0.4) is 0 Å². The smallest absolute Gasteiger partial charge is 0.133 e. The highest BCUT2D eigenvalue weighted by Gasteiger charge is 2.01. The first-order valence-corrected chi connectivity index (χ1v) is 7.72. The SMILES string of the molecule is COc1ccc(CNCc2ccc(CCl)cc2)cc1Br. The van der Waals surface area contributed by atoms with Gasteiger partial charge in [-0.25, -0.2) is 0 Å². The van der Waals surface area contributed by atoms with Crippen LogP contribution in [0.4, 0.5) is 0 Å². The van der Waals surface area contributed by atoms with Gasteiger partial charge in [0.1, 0.15) is 5.75 Å². The zero-order valence-corrected chi connectivity index (χ0v) is 13.7. The van der Waals surface area contributed by atoms with E-state index in [0.717, 1.165) is 28.9 Å². The molecule has 0 saturated carbocycles. The maximum Gasteiger partial charge on any atom is 0.133 e. The Bertz CT molecular complexity index is 557. The van der Waals surface area contributed by atoms with E-state index in [1.807, 2.05) is 6.07 Å². The zero-order valence-electron chi connectivity index (χ0n) is 11.3. The van der Waals surface area contributed by atoms with Crippen LogP contribution in [0.2, 0.25) is 0 Å². The van der Waals surface area contributed by atoms with Crippen LogP contribution in [0, 0.1) is 0 Å². The molecule has 0 saturated heterocycles. The summed E-state index contributed by atoms with van der Waals surface area (Å²) < 4.78 is 6.20. The zero-order chi connectivity index (χ0) is 14.4. The van der Waals surface area contributed by atoms with Gasteiger partial charge >= 0.3 is 0 Å². The first-order chi connectivity index (χ1) is 9.72. The van der Waals surface area contributed by atoms with Crippen LogP contribution in [0.1, 0.15) is 16.7 Å². The second-order valence-corrected chi connectivity index (χ2v) is 5.64. The summed E-state index contributed by atoms with van der Waals surface area (Å²) in [4.78, 5) is 0. The minimum atomic E-state index is 0.563. The third-order valence-corrected chi connectivity index (χ3v) is 3.98. The molecule has 2 aromatic rings. The van der Waals surface area contributed by atoms with E-state index in [0.29, 0.717) is 5.88 Å². The molecule has 0 amide bonds. The van der Waals surface area contributed by atoms with Crippen molar-refractivity contribution in [1.82, 2.24) is 5.32 Å². The fourth-order valence-corrected chi connectivity index (χ4v) is 2.68. The van der Waals surface area contributed by atoms with Crippen molar-refractivity contribution < 1.29 is 4.74 Å². The molecular formula is C16H17BrClNO. The third kappa shape index (κ3) is 4.23. The van der Waals surface area contributed by atoms with E-state index in [-0.39, 0.29) is 0 Å². The Kier molecular flexibility index (Phi) is 5.89. The summed E-state index contributed by atoms with van der Waals surface area (Å²) in [5, 5.41) is 3.43. The van der Waals surface area contributed by atoms with Gasteiger partial charge in [0.25, 0.3) is 0 Å². The van der Waals surface area contributed by atoms with Gasteiger partial charge in [0.15, 0.2) is 0 Å². The standard InChI is InChI=1S/C16H17BrClNO/c1-20-16-7-6-14(8-15(16)17)11-19-10-13-4-2-12(9-18)3-5-13/h2-8,19H,9-11H2,1H3. The number of hydrogen-bond acceptors (Lipinski definition) is 2. The number of alkyl halides is 1. The van der Waals surface area contributed by atoms with Crippen LogP contribution in [0.5, 0.6) is 5.75 Å². The van der Waals surface area contributed by atoms with Crippen molar-refractivity contribution in [2.75, 3.05) is 7.11 Å². The molecule has 2 aromatic carbocycles. The van der Waals surface area contributed by atoms with Gasteiger partial charge in [-0.1, -0.05) is 30.3 Å². The van der Waals surface area contributed by atoms with Gasteiger partial charge in [-0.3, -0.25) is 0 Å². The van der Waals surface area contributed by atoms with Gasteiger partial charge in [0.05, 0.1) is 11.6 Å². The summed E-state index contributed by atoms with van der Waals surface area (Å²) in [5.41, 5.74) is 3.62. The minimum Gasteiger partial charge on any atom is -0.496 e. The van der Waals surface area contributed by atoms with E-state index in [4.69, 9.17) is 16.3 Å². The van der Waals surface area contributed by atoms with E-state index >= 15 is 0 Å². The Morgan fingerprint density at radius 3 is 2.20 bits per heavy atom. The van der Waals surface area contributed by atoms with E-state index in [1.54, 1.807) is 7.11 Å². The molecule has 2 rings (SSSR count). The van der Waals surface area contributed by atoms with Crippen molar-refractivity contribution in [2.24, 2.45) is 0 Å². The lowest BCUT2D eigenvalue weighted by molar-refractivity contribution is 0.412. The van der Waals surface area contributed by atoms with Crippen molar-refractivity contribution in [2.45, 2.75) is 19.0 Å². The fourth-order valence-electron chi connectivity index (χ4n) is 1.92. The van der Waals surface area contributed by atoms with Crippen LogP contribution < -0.4 is 10.1 Å². The van der Waals surface area contributed by atoms with Gasteiger partial charge in [-0.05, 0) is 44.8 Å². The largest absolute Gasteiger partial charge is 0.496 e. The number of nitrogens with one attached hydrogen (secondary N) is 1. The summed E-state index contributed by atoms with van der Waals surface area (Å²) >= 11 is 9.27. The molecule has 0 fully saturated rings. The van der Waals surface area contributed by atoms with Gasteiger partial charge in [0, 0.05) is 19.0 Å². The Labute approximate surface area is 133 Å². The molecule has 0 radical (unpaired) electrons. The van der Waals surface area contributed by atoms with Gasteiger partial charge in [-0.2, -0.15) is 0 Å². The molecular weight excluding hydrogens is 338 g/mol. The summed E-state index contributed by atoms with van der Waals surface area (Å²) in [6.07, 6.45) is 0. The number of ether oxygens (including phenoxy) is 1. The van der Waals surface area contributed by atoms with E-state index in [9.17, 15) is 0 Å². The number of hydrogen-bond donors (Lipinski definition) is 1. The predicted molar refractivity (Wildman–Crippen MR) is 87.2 cm³/mol. The van der Waals surface area contributed by atoms with Crippen molar-refractivity contribution >= 4 is 27.5 Å². The molecule has 0 aliphatic carbocycles. The second kappa shape index (κ2) is 7.67. The lowest BCUT2D eigenvalue weighted by atomic mass is 10.1. The highest BCUT2D eigenvalue weighted by Crippen LogP contribution is 2.25. The molecule has 2 nitrogen and oxygen atoms in total. The van der Waals surface area contributed by atoms with Gasteiger partial charge < -0.3 is 10.1 Å². The number of methoxy groups -OCH3 is 1. The quantitative estimate of drug-likeness (QED) is 0.772. The normalized spacial score (nSPS) is 10.6. The summed E-state index contributed by atoms with van der Waals surface area (Å²) in [7, 11) is 1.67. The number of benzene rings is 2. The molecule has 4 heteroatoms. The molecule has 0 aliphatic heterocycles. The van der Waals surface area contributed by atoms with E-state index in [2.05, 4.69) is 57.6 Å². The molecule has 0 aromatic heterocycles. The summed E-state index contributed by atoms with van der Waals surface area (Å²) in [5.74, 6) is 1.42. The summed E-state index contributed by atoms with van der Waals surface area (Å²) in [6.45, 7) is 1.66. The monoisotopic (exact) mass is 353 g/mol. The number of halogens is 2. The lowest BCUT2D eigenvalue weighted by Gasteiger charge is -2.08. The first kappa shape index (κ1) is 15.4. The Balaban J connectivity index is 1.87. The van der Waals surface area contributed by atoms with Crippen LogP contribution in [0.25, 0.3) is 0 Å². The molecule has 0 spiro atoms. The highest BCUT2D eigenvalue weighted by atomic mass is 79.9. The maximum absolute atomic E-state index is 5.77. The fraction of sp³-hybridized carbons (Fsp3) is 0.250. The summed E-state index contributed by atoms with van der Waals surface area (Å²) in [6, 6.07) is 14.4. The Morgan fingerprint density at radius 1 is 1.00 bits per heavy atom. The maximum atomic E-state index is 5.77.